The number of aliphatic hydroxyl groups is 1. The fraction of sp³-hybridized carbons (Fsp3) is 0.500. The maximum absolute atomic E-state index is 14.0. The molecule has 0 spiro atoms. The molecule has 0 bridgehead atoms. The van der Waals surface area contributed by atoms with Gasteiger partial charge in [-0.3, -0.25) is 19.2 Å². The topological polar surface area (TPSA) is 205 Å². The number of aliphatic hydroxyl groups excluding tert-OH is 1. The smallest absolute Gasteiger partial charge is 0.417 e. The SMILES string of the molecule is Cc1ncoc1-c1ccc(CNC(=O)[C@@H]2C[C@@H](O)CN2C(=O)[C@@H](NC(=O)COCCCCCOc2ccc(C(=O)NC3C(C)(C)C(Oc4ccc(C#N)c(C(F)(F)F)c4)C3(C)C)cc2)C(C)(C)C)cc1. The first-order valence-corrected chi connectivity index (χ1v) is 23.4. The molecule has 3 aromatic carbocycles. The zero-order valence-corrected chi connectivity index (χ0v) is 40.9. The Morgan fingerprint density at radius 2 is 1.60 bits per heavy atom. The number of alkyl halides is 3. The number of carbonyl (C=O) groups excluding carboxylic acids is 4. The van der Waals surface area contributed by atoms with Crippen LogP contribution in [0.25, 0.3) is 11.3 Å². The van der Waals surface area contributed by atoms with Crippen molar-refractivity contribution in [1.82, 2.24) is 25.8 Å². The first-order valence-electron chi connectivity index (χ1n) is 23.4. The summed E-state index contributed by atoms with van der Waals surface area (Å²) < 4.78 is 63.8. The van der Waals surface area contributed by atoms with Gasteiger partial charge >= 0.3 is 6.18 Å². The molecule has 1 aromatic heterocycles. The molecule has 6 rings (SSSR count). The van der Waals surface area contributed by atoms with Gasteiger partial charge in [-0.2, -0.15) is 18.4 Å². The number of halogens is 3. The highest BCUT2D eigenvalue weighted by Gasteiger charge is 2.64. The van der Waals surface area contributed by atoms with Gasteiger partial charge in [-0.05, 0) is 79.6 Å². The van der Waals surface area contributed by atoms with Gasteiger partial charge < -0.3 is 44.6 Å². The van der Waals surface area contributed by atoms with Gasteiger partial charge in [0, 0.05) is 54.1 Å². The summed E-state index contributed by atoms with van der Waals surface area (Å²) >= 11 is 0. The summed E-state index contributed by atoms with van der Waals surface area (Å²) in [4.78, 5) is 59.2. The molecule has 1 aliphatic carbocycles. The van der Waals surface area contributed by atoms with Crippen molar-refractivity contribution in [2.45, 2.75) is 124 Å². The van der Waals surface area contributed by atoms with E-state index in [9.17, 15) is 37.5 Å². The van der Waals surface area contributed by atoms with Crippen molar-refractivity contribution in [2.75, 3.05) is 26.4 Å². The first-order chi connectivity index (χ1) is 32.9. The van der Waals surface area contributed by atoms with Crippen molar-refractivity contribution >= 4 is 23.6 Å². The van der Waals surface area contributed by atoms with Crippen molar-refractivity contribution in [1.29, 1.82) is 5.26 Å². The minimum absolute atomic E-state index is 0.0108. The highest BCUT2D eigenvalue weighted by atomic mass is 19.4. The molecule has 3 atom stereocenters. The number of ether oxygens (including phenoxy) is 3. The van der Waals surface area contributed by atoms with Crippen LogP contribution < -0.4 is 25.4 Å². The Bertz CT molecular complexity index is 2510. The second kappa shape index (κ2) is 21.7. The number of nitrogens with zero attached hydrogens (tertiary/aromatic N) is 3. The van der Waals surface area contributed by atoms with Crippen molar-refractivity contribution in [3.63, 3.8) is 0 Å². The molecule has 1 saturated heterocycles. The monoisotopic (exact) mass is 972 g/mol. The molecule has 2 fully saturated rings. The molecule has 2 heterocycles. The lowest BCUT2D eigenvalue weighted by molar-refractivity contribution is -0.164. The molecule has 376 valence electrons. The Hall–Kier alpha value is -6.45. The molecule has 18 heteroatoms. The molecule has 4 amide bonds. The van der Waals surface area contributed by atoms with Crippen LogP contribution in [0.4, 0.5) is 13.2 Å². The maximum Gasteiger partial charge on any atom is 0.417 e. The van der Waals surface area contributed by atoms with E-state index >= 15 is 0 Å². The molecule has 2 aliphatic rings. The van der Waals surface area contributed by atoms with Gasteiger partial charge in [0.05, 0.1) is 35.6 Å². The highest BCUT2D eigenvalue weighted by Crippen LogP contribution is 2.56. The van der Waals surface area contributed by atoms with Gasteiger partial charge in [0.1, 0.15) is 36.3 Å². The standard InChI is InChI=1S/C52H63F3N6O9/c1-31-42(69-30-58-31)33-14-12-32(13-15-33)27-57-45(65)40-24-36(62)28-61(40)46(66)43(49(2,3)4)59-41(63)29-67-22-10-9-11-23-68-37-19-16-34(17-20-37)44(64)60-47-50(5,6)48(51(47,7)8)70-38-21-18-35(26-56)39(25-38)52(53,54)55/h12-21,25,30,36,40,43,47-48,62H,9-11,22-24,27-29H2,1-8H3,(H,57,65)(H,59,63)(H,60,64)/t36-,40+,43-,47?,48?/m1/s1. The average Bonchev–Trinajstić information content (AvgIpc) is 3.93. The van der Waals surface area contributed by atoms with Crippen LogP contribution in [0.2, 0.25) is 0 Å². The van der Waals surface area contributed by atoms with Crippen LogP contribution in [0.5, 0.6) is 11.5 Å². The number of amides is 4. The number of likely N-dealkylation sites (tertiary alicyclic amines) is 1. The Morgan fingerprint density at radius 1 is 0.943 bits per heavy atom. The number of carbonyl (C=O) groups is 4. The minimum atomic E-state index is -4.72. The quantitative estimate of drug-likeness (QED) is 0.0676. The second-order valence-electron chi connectivity index (χ2n) is 20.3. The van der Waals surface area contributed by atoms with Crippen LogP contribution in [-0.4, -0.2) is 95.3 Å². The number of nitrogens with one attached hydrogen (secondary N) is 3. The predicted molar refractivity (Wildman–Crippen MR) is 252 cm³/mol. The third-order valence-electron chi connectivity index (χ3n) is 13.0. The van der Waals surface area contributed by atoms with Crippen LogP contribution in [-0.2, 0) is 31.8 Å². The summed E-state index contributed by atoms with van der Waals surface area (Å²) in [5, 5.41) is 28.5. The van der Waals surface area contributed by atoms with E-state index in [1.54, 1.807) is 30.3 Å². The largest absolute Gasteiger partial charge is 0.494 e. The Labute approximate surface area is 406 Å². The second-order valence-corrected chi connectivity index (χ2v) is 20.3. The zero-order valence-electron chi connectivity index (χ0n) is 40.9. The molecule has 0 radical (unpaired) electrons. The fourth-order valence-electron chi connectivity index (χ4n) is 9.60. The zero-order chi connectivity index (χ0) is 51.2. The third-order valence-corrected chi connectivity index (χ3v) is 13.0. The highest BCUT2D eigenvalue weighted by molar-refractivity contribution is 5.95. The summed E-state index contributed by atoms with van der Waals surface area (Å²) in [5.74, 6) is -0.455. The molecule has 4 N–H and O–H groups in total. The van der Waals surface area contributed by atoms with Crippen molar-refractivity contribution < 1.29 is 56.1 Å². The number of aryl methyl sites for hydroxylation is 1. The van der Waals surface area contributed by atoms with E-state index in [4.69, 9.17) is 23.9 Å². The van der Waals surface area contributed by atoms with E-state index in [0.717, 1.165) is 35.4 Å². The summed E-state index contributed by atoms with van der Waals surface area (Å²) in [6.07, 6.45) is -2.63. The number of benzene rings is 3. The average molecular weight is 973 g/mol. The minimum Gasteiger partial charge on any atom is -0.494 e. The molecular weight excluding hydrogens is 910 g/mol. The number of rotatable bonds is 19. The number of oxazole rings is 1. The van der Waals surface area contributed by atoms with Crippen LogP contribution in [0.15, 0.2) is 77.5 Å². The van der Waals surface area contributed by atoms with Crippen LogP contribution in [0, 0.1) is 34.5 Å². The number of aromatic nitrogens is 1. The molecule has 1 aliphatic heterocycles. The van der Waals surface area contributed by atoms with Gasteiger partial charge in [0.25, 0.3) is 5.91 Å². The molecule has 1 saturated carbocycles. The molecule has 0 unspecified atom stereocenters. The number of unbranched alkanes of at least 4 members (excludes halogenated alkanes) is 2. The van der Waals surface area contributed by atoms with Gasteiger partial charge in [-0.1, -0.05) is 72.7 Å². The predicted octanol–water partition coefficient (Wildman–Crippen LogP) is 7.53. The van der Waals surface area contributed by atoms with Gasteiger partial charge in [0.15, 0.2) is 12.2 Å². The summed E-state index contributed by atoms with van der Waals surface area (Å²) in [6, 6.07) is 16.7. The molecule has 15 nitrogen and oxygen atoms in total. The molecular formula is C52H63F3N6O9. The number of hydrogen-bond acceptors (Lipinski definition) is 11. The molecule has 70 heavy (non-hydrogen) atoms. The van der Waals surface area contributed by atoms with E-state index in [0.29, 0.717) is 43.1 Å². The molecule has 4 aromatic rings. The van der Waals surface area contributed by atoms with Gasteiger partial charge in [-0.15, -0.1) is 0 Å². The summed E-state index contributed by atoms with van der Waals surface area (Å²) in [5.41, 5.74) is -0.724. The van der Waals surface area contributed by atoms with E-state index in [2.05, 4.69) is 20.9 Å². The van der Waals surface area contributed by atoms with Crippen molar-refractivity contribution in [3.8, 4) is 28.9 Å². The van der Waals surface area contributed by atoms with Crippen molar-refractivity contribution in [3.05, 3.63) is 101 Å². The van der Waals surface area contributed by atoms with E-state index in [-0.39, 0.29) is 43.8 Å². The number of nitriles is 1. The van der Waals surface area contributed by atoms with Gasteiger partial charge in [0.2, 0.25) is 17.7 Å². The van der Waals surface area contributed by atoms with E-state index in [1.807, 2.05) is 79.7 Å². The summed E-state index contributed by atoms with van der Waals surface area (Å²) in [7, 11) is 0. The lowest BCUT2D eigenvalue weighted by Gasteiger charge is -2.63. The van der Waals surface area contributed by atoms with Crippen LogP contribution in [0.1, 0.15) is 107 Å². The van der Waals surface area contributed by atoms with Crippen LogP contribution >= 0.6 is 0 Å². The summed E-state index contributed by atoms with van der Waals surface area (Å²) in [6.45, 7) is 15.4. The normalized spacial score (nSPS) is 19.8. The Morgan fingerprint density at radius 3 is 2.21 bits per heavy atom. The first kappa shape index (κ1) is 52.9. The number of hydrogen-bond donors (Lipinski definition) is 4. The van der Waals surface area contributed by atoms with Crippen LogP contribution in [0.3, 0.4) is 0 Å². The maximum atomic E-state index is 14.0. The number of β-amino-alcohol motifs (C(OH)–C–C–N with tert-alkyl or cyclic N) is 1. The van der Waals surface area contributed by atoms with Gasteiger partial charge in [-0.25, -0.2) is 4.98 Å². The Kier molecular flexibility index (Phi) is 16.4. The third kappa shape index (κ3) is 12.5. The Balaban J connectivity index is 0.885. The fourth-order valence-corrected chi connectivity index (χ4v) is 9.60. The lowest BCUT2D eigenvalue weighted by atomic mass is 9.49. The van der Waals surface area contributed by atoms with Crippen molar-refractivity contribution in [2.24, 2.45) is 16.2 Å². The van der Waals surface area contributed by atoms with E-state index in [1.165, 1.54) is 17.4 Å². The van der Waals surface area contributed by atoms with E-state index < -0.39 is 75.6 Å². The lowest BCUT2D eigenvalue weighted by Crippen LogP contribution is -2.74.